The number of carbonyl (C=O) groups is 1. The number of amides is 1. The highest BCUT2D eigenvalue weighted by molar-refractivity contribution is 7.17. The molecule has 0 spiro atoms. The normalized spacial score (nSPS) is 10.9. The number of rotatable bonds is 6. The van der Waals surface area contributed by atoms with Gasteiger partial charge in [0.25, 0.3) is 5.91 Å². The van der Waals surface area contributed by atoms with E-state index in [0.717, 1.165) is 27.8 Å². The fourth-order valence-electron chi connectivity index (χ4n) is 2.92. The first-order valence-corrected chi connectivity index (χ1v) is 9.66. The van der Waals surface area contributed by atoms with E-state index in [-0.39, 0.29) is 5.91 Å². The standard InChI is InChI=1S/C20H19N5O2S/c1-13-18(28-20(22-13)14-6-5-7-15(12-14)27-2)19(26)21-10-9-17-24-23-16-8-3-4-11-25(16)17/h3-8,11-12H,9-10H2,1-2H3,(H,21,26). The minimum absolute atomic E-state index is 0.127. The zero-order valence-corrected chi connectivity index (χ0v) is 16.4. The topological polar surface area (TPSA) is 81.4 Å². The van der Waals surface area contributed by atoms with E-state index in [1.807, 2.05) is 60.0 Å². The molecule has 0 fully saturated rings. The van der Waals surface area contributed by atoms with Gasteiger partial charge in [0.15, 0.2) is 5.65 Å². The number of thiazole rings is 1. The molecule has 0 aliphatic rings. The third-order valence-corrected chi connectivity index (χ3v) is 5.54. The van der Waals surface area contributed by atoms with Crippen LogP contribution in [0.4, 0.5) is 0 Å². The Bertz CT molecular complexity index is 1130. The third kappa shape index (κ3) is 3.59. The van der Waals surface area contributed by atoms with Crippen LogP contribution in [0.3, 0.4) is 0 Å². The predicted molar refractivity (Wildman–Crippen MR) is 108 cm³/mol. The van der Waals surface area contributed by atoms with Crippen molar-refractivity contribution >= 4 is 22.9 Å². The highest BCUT2D eigenvalue weighted by Gasteiger charge is 2.16. The Morgan fingerprint density at radius 1 is 1.21 bits per heavy atom. The summed E-state index contributed by atoms with van der Waals surface area (Å²) in [4.78, 5) is 17.8. The highest BCUT2D eigenvalue weighted by atomic mass is 32.1. The fourth-order valence-corrected chi connectivity index (χ4v) is 3.90. The molecule has 3 aromatic heterocycles. The zero-order valence-electron chi connectivity index (χ0n) is 15.5. The summed E-state index contributed by atoms with van der Waals surface area (Å²) in [5, 5.41) is 12.1. The molecule has 142 valence electrons. The monoisotopic (exact) mass is 393 g/mol. The summed E-state index contributed by atoms with van der Waals surface area (Å²) in [5.41, 5.74) is 2.44. The molecule has 8 heteroatoms. The quantitative estimate of drug-likeness (QED) is 0.544. The molecule has 1 N–H and O–H groups in total. The molecular weight excluding hydrogens is 374 g/mol. The molecule has 0 saturated heterocycles. The van der Waals surface area contributed by atoms with Crippen molar-refractivity contribution in [2.75, 3.05) is 13.7 Å². The minimum atomic E-state index is -0.127. The van der Waals surface area contributed by atoms with Crippen LogP contribution >= 0.6 is 11.3 Å². The van der Waals surface area contributed by atoms with Crippen molar-refractivity contribution in [1.82, 2.24) is 24.9 Å². The van der Waals surface area contributed by atoms with Crippen LogP contribution in [-0.2, 0) is 6.42 Å². The summed E-state index contributed by atoms with van der Waals surface area (Å²) >= 11 is 1.38. The summed E-state index contributed by atoms with van der Waals surface area (Å²) in [6, 6.07) is 13.4. The molecule has 3 heterocycles. The van der Waals surface area contributed by atoms with Crippen molar-refractivity contribution in [2.24, 2.45) is 0 Å². The average molecular weight is 393 g/mol. The number of fused-ring (bicyclic) bond motifs is 1. The maximum atomic E-state index is 12.6. The summed E-state index contributed by atoms with van der Waals surface area (Å²) < 4.78 is 7.19. The Kier molecular flexibility index (Phi) is 5.03. The number of hydrogen-bond donors (Lipinski definition) is 1. The van der Waals surface area contributed by atoms with Crippen LogP contribution in [0.1, 0.15) is 21.2 Å². The van der Waals surface area contributed by atoms with Gasteiger partial charge in [0.05, 0.1) is 12.8 Å². The van der Waals surface area contributed by atoms with Crippen LogP contribution in [0.5, 0.6) is 5.75 Å². The average Bonchev–Trinajstić information content (AvgIpc) is 3.32. The van der Waals surface area contributed by atoms with E-state index in [1.165, 1.54) is 11.3 Å². The summed E-state index contributed by atoms with van der Waals surface area (Å²) in [6.07, 6.45) is 2.51. The zero-order chi connectivity index (χ0) is 19.5. The molecule has 0 radical (unpaired) electrons. The Morgan fingerprint density at radius 2 is 2.11 bits per heavy atom. The second kappa shape index (κ2) is 7.77. The van der Waals surface area contributed by atoms with E-state index in [9.17, 15) is 4.79 Å². The molecule has 0 unspecified atom stereocenters. The predicted octanol–water partition coefficient (Wildman–Crippen LogP) is 3.14. The van der Waals surface area contributed by atoms with E-state index in [2.05, 4.69) is 20.5 Å². The SMILES string of the molecule is COc1cccc(-c2nc(C)c(C(=O)NCCc3nnc4ccccn34)s2)c1. The summed E-state index contributed by atoms with van der Waals surface area (Å²) in [7, 11) is 1.63. The molecule has 0 aliphatic heterocycles. The van der Waals surface area contributed by atoms with Crippen molar-refractivity contribution in [2.45, 2.75) is 13.3 Å². The van der Waals surface area contributed by atoms with Crippen LogP contribution in [-0.4, -0.2) is 39.1 Å². The van der Waals surface area contributed by atoms with Crippen molar-refractivity contribution in [1.29, 1.82) is 0 Å². The first kappa shape index (κ1) is 18.1. The second-order valence-electron chi connectivity index (χ2n) is 6.22. The van der Waals surface area contributed by atoms with Gasteiger partial charge in [-0.05, 0) is 31.2 Å². The number of methoxy groups -OCH3 is 1. The van der Waals surface area contributed by atoms with E-state index >= 15 is 0 Å². The number of hydrogen-bond acceptors (Lipinski definition) is 6. The fraction of sp³-hybridized carbons (Fsp3) is 0.200. The van der Waals surface area contributed by atoms with Crippen molar-refractivity contribution in [3.8, 4) is 16.3 Å². The molecule has 0 bridgehead atoms. The van der Waals surface area contributed by atoms with Gasteiger partial charge in [-0.2, -0.15) is 0 Å². The van der Waals surface area contributed by atoms with E-state index < -0.39 is 0 Å². The molecule has 4 aromatic rings. The van der Waals surface area contributed by atoms with Gasteiger partial charge in [0.2, 0.25) is 0 Å². The van der Waals surface area contributed by atoms with Gasteiger partial charge in [0.1, 0.15) is 21.5 Å². The van der Waals surface area contributed by atoms with Crippen LogP contribution in [0.25, 0.3) is 16.2 Å². The van der Waals surface area contributed by atoms with Gasteiger partial charge in [-0.15, -0.1) is 21.5 Å². The van der Waals surface area contributed by atoms with E-state index in [1.54, 1.807) is 7.11 Å². The Hall–Kier alpha value is -3.26. The molecule has 28 heavy (non-hydrogen) atoms. The number of benzene rings is 1. The van der Waals surface area contributed by atoms with Crippen LogP contribution < -0.4 is 10.1 Å². The number of aryl methyl sites for hydroxylation is 1. The van der Waals surface area contributed by atoms with Gasteiger partial charge in [0, 0.05) is 24.7 Å². The van der Waals surface area contributed by atoms with Crippen molar-refractivity contribution < 1.29 is 9.53 Å². The summed E-state index contributed by atoms with van der Waals surface area (Å²) in [5.74, 6) is 1.45. The third-order valence-electron chi connectivity index (χ3n) is 4.34. The summed E-state index contributed by atoms with van der Waals surface area (Å²) in [6.45, 7) is 2.32. The van der Waals surface area contributed by atoms with Gasteiger partial charge < -0.3 is 10.1 Å². The smallest absolute Gasteiger partial charge is 0.263 e. The Morgan fingerprint density at radius 3 is 2.96 bits per heavy atom. The van der Waals surface area contributed by atoms with Crippen LogP contribution in [0.15, 0.2) is 48.7 Å². The molecule has 7 nitrogen and oxygen atoms in total. The Balaban J connectivity index is 1.44. The first-order valence-electron chi connectivity index (χ1n) is 8.84. The lowest BCUT2D eigenvalue weighted by Crippen LogP contribution is -2.26. The minimum Gasteiger partial charge on any atom is -0.497 e. The lowest BCUT2D eigenvalue weighted by atomic mass is 10.2. The molecule has 1 aromatic carbocycles. The van der Waals surface area contributed by atoms with Crippen LogP contribution in [0, 0.1) is 6.92 Å². The van der Waals surface area contributed by atoms with Crippen molar-refractivity contribution in [3.63, 3.8) is 0 Å². The Labute approximate surface area is 166 Å². The first-order chi connectivity index (χ1) is 13.7. The van der Waals surface area contributed by atoms with Gasteiger partial charge >= 0.3 is 0 Å². The number of ether oxygens (including phenoxy) is 1. The highest BCUT2D eigenvalue weighted by Crippen LogP contribution is 2.30. The van der Waals surface area contributed by atoms with Gasteiger partial charge in [-0.1, -0.05) is 18.2 Å². The molecule has 0 aliphatic carbocycles. The van der Waals surface area contributed by atoms with Crippen molar-refractivity contribution in [3.05, 3.63) is 65.1 Å². The van der Waals surface area contributed by atoms with Gasteiger partial charge in [-0.25, -0.2) is 4.98 Å². The molecule has 4 rings (SSSR count). The lowest BCUT2D eigenvalue weighted by Gasteiger charge is -2.03. The van der Waals surface area contributed by atoms with Crippen LogP contribution in [0.2, 0.25) is 0 Å². The number of nitrogens with zero attached hydrogens (tertiary/aromatic N) is 4. The molecule has 1 amide bonds. The number of carbonyl (C=O) groups excluding carboxylic acids is 1. The number of pyridine rings is 1. The molecule has 0 atom stereocenters. The number of nitrogens with one attached hydrogen (secondary N) is 1. The largest absolute Gasteiger partial charge is 0.497 e. The molecular formula is C20H19N5O2S. The van der Waals surface area contributed by atoms with E-state index in [0.29, 0.717) is 23.5 Å². The molecule has 0 saturated carbocycles. The van der Waals surface area contributed by atoms with E-state index in [4.69, 9.17) is 4.74 Å². The second-order valence-corrected chi connectivity index (χ2v) is 7.22. The maximum absolute atomic E-state index is 12.6. The maximum Gasteiger partial charge on any atom is 0.263 e. The number of aromatic nitrogens is 4. The van der Waals surface area contributed by atoms with Gasteiger partial charge in [-0.3, -0.25) is 9.20 Å². The lowest BCUT2D eigenvalue weighted by molar-refractivity contribution is 0.0957.